The Morgan fingerprint density at radius 2 is 2.19 bits per heavy atom. The second-order valence-corrected chi connectivity index (χ2v) is 5.27. The highest BCUT2D eigenvalue weighted by molar-refractivity contribution is 7.81. The number of pyridine rings is 1. The highest BCUT2D eigenvalue weighted by Crippen LogP contribution is 2.31. The lowest BCUT2D eigenvalue weighted by molar-refractivity contribution is -0.117. The summed E-state index contributed by atoms with van der Waals surface area (Å²) in [5.74, 6) is 0.473. The van der Waals surface area contributed by atoms with E-state index in [4.69, 9.17) is 23.2 Å². The van der Waals surface area contributed by atoms with E-state index in [1.807, 2.05) is 0 Å². The van der Waals surface area contributed by atoms with E-state index in [1.165, 1.54) is 0 Å². The van der Waals surface area contributed by atoms with Crippen LogP contribution >= 0.6 is 35.8 Å². The molecule has 1 aromatic rings. The molecule has 0 radical (unpaired) electrons. The highest BCUT2D eigenvalue weighted by atomic mass is 35.5. The SMILES string of the molecule is Cc1nc(N2CC(S)CC2=O)c(Cl)cc1Cl. The van der Waals surface area contributed by atoms with Crippen molar-refractivity contribution in [1.29, 1.82) is 0 Å². The number of aromatic nitrogens is 1. The molecule has 1 unspecified atom stereocenters. The van der Waals surface area contributed by atoms with Gasteiger partial charge in [-0.1, -0.05) is 23.2 Å². The lowest BCUT2D eigenvalue weighted by atomic mass is 10.3. The molecule has 6 heteroatoms. The Kier molecular flexibility index (Phi) is 3.33. The number of amides is 1. The standard InChI is InChI=1S/C10H10Cl2N2OS/c1-5-7(11)3-8(12)10(13-5)14-4-6(16)2-9(14)15/h3,6,16H,2,4H2,1H3. The van der Waals surface area contributed by atoms with Crippen LogP contribution in [-0.2, 0) is 4.79 Å². The molecule has 3 nitrogen and oxygen atoms in total. The summed E-state index contributed by atoms with van der Waals surface area (Å²) < 4.78 is 0. The second-order valence-electron chi connectivity index (χ2n) is 3.72. The molecule has 0 aromatic carbocycles. The van der Waals surface area contributed by atoms with Gasteiger partial charge in [0.05, 0.1) is 15.7 Å². The first-order chi connectivity index (χ1) is 7.49. The predicted octanol–water partition coefficient (Wildman–Crippen LogP) is 2.73. The molecule has 1 atom stereocenters. The third-order valence-electron chi connectivity index (χ3n) is 2.45. The van der Waals surface area contributed by atoms with Crippen molar-refractivity contribution in [1.82, 2.24) is 4.98 Å². The van der Waals surface area contributed by atoms with E-state index in [1.54, 1.807) is 17.9 Å². The van der Waals surface area contributed by atoms with Crippen LogP contribution in [0.4, 0.5) is 5.82 Å². The first-order valence-electron chi connectivity index (χ1n) is 4.80. The topological polar surface area (TPSA) is 33.2 Å². The molecular formula is C10H10Cl2N2OS. The molecule has 0 N–H and O–H groups in total. The summed E-state index contributed by atoms with van der Waals surface area (Å²) in [6.07, 6.45) is 0.419. The number of aryl methyl sites for hydroxylation is 1. The first-order valence-corrected chi connectivity index (χ1v) is 6.07. The summed E-state index contributed by atoms with van der Waals surface area (Å²) >= 11 is 16.2. The Hall–Kier alpha value is -0.450. The summed E-state index contributed by atoms with van der Waals surface area (Å²) in [6.45, 7) is 2.32. The minimum absolute atomic E-state index is 0.00359. The Morgan fingerprint density at radius 1 is 1.50 bits per heavy atom. The van der Waals surface area contributed by atoms with E-state index in [0.29, 0.717) is 34.5 Å². The maximum Gasteiger partial charge on any atom is 0.229 e. The molecule has 0 aliphatic carbocycles. The summed E-state index contributed by atoms with van der Waals surface area (Å²) in [5, 5.41) is 0.940. The van der Waals surface area contributed by atoms with Crippen LogP contribution in [0.5, 0.6) is 0 Å². The number of thiol groups is 1. The van der Waals surface area contributed by atoms with Gasteiger partial charge in [0.25, 0.3) is 0 Å². The van der Waals surface area contributed by atoms with Gasteiger partial charge in [0, 0.05) is 18.2 Å². The van der Waals surface area contributed by atoms with Crippen molar-refractivity contribution in [3.63, 3.8) is 0 Å². The Morgan fingerprint density at radius 3 is 2.75 bits per heavy atom. The van der Waals surface area contributed by atoms with Gasteiger partial charge in [-0.3, -0.25) is 9.69 Å². The molecule has 1 saturated heterocycles. The van der Waals surface area contributed by atoms with Gasteiger partial charge in [0.15, 0.2) is 5.82 Å². The average Bonchev–Trinajstić information content (AvgIpc) is 2.51. The summed E-state index contributed by atoms with van der Waals surface area (Å²) in [5.41, 5.74) is 0.663. The van der Waals surface area contributed by atoms with Crippen molar-refractivity contribution in [3.8, 4) is 0 Å². The number of anilines is 1. The van der Waals surface area contributed by atoms with Crippen LogP contribution in [-0.4, -0.2) is 22.7 Å². The Bertz CT molecular complexity index is 453. The molecule has 1 amide bonds. The lowest BCUT2D eigenvalue weighted by Gasteiger charge is -2.17. The summed E-state index contributed by atoms with van der Waals surface area (Å²) in [4.78, 5) is 17.5. The normalized spacial score (nSPS) is 20.6. The number of halogens is 2. The van der Waals surface area contributed by atoms with Crippen molar-refractivity contribution in [2.24, 2.45) is 0 Å². The smallest absolute Gasteiger partial charge is 0.229 e. The van der Waals surface area contributed by atoms with Crippen LogP contribution in [0.15, 0.2) is 6.07 Å². The van der Waals surface area contributed by atoms with Crippen LogP contribution in [0.2, 0.25) is 10.0 Å². The third kappa shape index (κ3) is 2.14. The van der Waals surface area contributed by atoms with Gasteiger partial charge in [-0.25, -0.2) is 4.98 Å². The van der Waals surface area contributed by atoms with Crippen LogP contribution in [0.25, 0.3) is 0 Å². The fourth-order valence-corrected chi connectivity index (χ4v) is 2.41. The van der Waals surface area contributed by atoms with Gasteiger partial charge >= 0.3 is 0 Å². The van der Waals surface area contributed by atoms with Crippen molar-refractivity contribution in [3.05, 3.63) is 21.8 Å². The van der Waals surface area contributed by atoms with Crippen molar-refractivity contribution < 1.29 is 4.79 Å². The predicted molar refractivity (Wildman–Crippen MR) is 68.7 cm³/mol. The van der Waals surface area contributed by atoms with Gasteiger partial charge in [-0.05, 0) is 13.0 Å². The number of hydrogen-bond donors (Lipinski definition) is 1. The zero-order valence-corrected chi connectivity index (χ0v) is 11.0. The van der Waals surface area contributed by atoms with Gasteiger partial charge in [0.1, 0.15) is 0 Å². The van der Waals surface area contributed by atoms with E-state index in [2.05, 4.69) is 17.6 Å². The second kappa shape index (κ2) is 4.43. The Labute approximate surface area is 109 Å². The van der Waals surface area contributed by atoms with E-state index in [9.17, 15) is 4.79 Å². The number of rotatable bonds is 1. The summed E-state index contributed by atoms with van der Waals surface area (Å²) in [6, 6.07) is 1.61. The van der Waals surface area contributed by atoms with Gasteiger partial charge < -0.3 is 0 Å². The zero-order valence-electron chi connectivity index (χ0n) is 8.57. The fourth-order valence-electron chi connectivity index (χ4n) is 1.63. The van der Waals surface area contributed by atoms with Crippen molar-refractivity contribution >= 4 is 47.6 Å². The zero-order chi connectivity index (χ0) is 11.9. The van der Waals surface area contributed by atoms with Gasteiger partial charge in [-0.15, -0.1) is 0 Å². The van der Waals surface area contributed by atoms with Crippen molar-refractivity contribution in [2.45, 2.75) is 18.6 Å². The van der Waals surface area contributed by atoms with E-state index in [0.717, 1.165) is 0 Å². The molecule has 1 fully saturated rings. The lowest BCUT2D eigenvalue weighted by Crippen LogP contribution is -2.26. The number of carbonyl (C=O) groups excluding carboxylic acids is 1. The minimum atomic E-state index is -0.00359. The minimum Gasteiger partial charge on any atom is -0.294 e. The monoisotopic (exact) mass is 276 g/mol. The number of carbonyl (C=O) groups is 1. The quantitative estimate of drug-likeness (QED) is 0.801. The maximum absolute atomic E-state index is 11.7. The molecule has 2 rings (SSSR count). The molecule has 0 bridgehead atoms. The highest BCUT2D eigenvalue weighted by Gasteiger charge is 2.30. The van der Waals surface area contributed by atoms with Gasteiger partial charge in [-0.2, -0.15) is 12.6 Å². The van der Waals surface area contributed by atoms with Gasteiger partial charge in [0.2, 0.25) is 5.91 Å². The first kappa shape index (κ1) is 12.0. The van der Waals surface area contributed by atoms with E-state index < -0.39 is 0 Å². The molecule has 16 heavy (non-hydrogen) atoms. The Balaban J connectivity index is 2.41. The van der Waals surface area contributed by atoms with E-state index >= 15 is 0 Å². The van der Waals surface area contributed by atoms with Crippen LogP contribution in [0.3, 0.4) is 0 Å². The molecule has 1 aliphatic rings. The summed E-state index contributed by atoms with van der Waals surface area (Å²) in [7, 11) is 0. The van der Waals surface area contributed by atoms with E-state index in [-0.39, 0.29) is 11.2 Å². The van der Waals surface area contributed by atoms with Crippen LogP contribution < -0.4 is 4.90 Å². The number of nitrogens with zero attached hydrogens (tertiary/aromatic N) is 2. The molecule has 1 aliphatic heterocycles. The number of hydrogen-bond acceptors (Lipinski definition) is 3. The average molecular weight is 277 g/mol. The van der Waals surface area contributed by atoms with Crippen LogP contribution in [0.1, 0.15) is 12.1 Å². The maximum atomic E-state index is 11.7. The fraction of sp³-hybridized carbons (Fsp3) is 0.400. The molecular weight excluding hydrogens is 267 g/mol. The molecule has 0 spiro atoms. The molecule has 0 saturated carbocycles. The molecule has 2 heterocycles. The van der Waals surface area contributed by atoms with Crippen molar-refractivity contribution in [2.75, 3.05) is 11.4 Å². The third-order valence-corrected chi connectivity index (χ3v) is 3.45. The molecule has 86 valence electrons. The largest absolute Gasteiger partial charge is 0.294 e. The van der Waals surface area contributed by atoms with Crippen LogP contribution in [0, 0.1) is 6.92 Å². The molecule has 1 aromatic heterocycles.